The number of aromatic nitrogens is 1. The zero-order valence-corrected chi connectivity index (χ0v) is 23.9. The minimum absolute atomic E-state index is 0.0936. The summed E-state index contributed by atoms with van der Waals surface area (Å²) in [7, 11) is 1.60. The number of nitrogens with zero attached hydrogens (tertiary/aromatic N) is 2. The van der Waals surface area contributed by atoms with Gasteiger partial charge < -0.3 is 15.4 Å². The number of nitro benzene ring substituents is 1. The van der Waals surface area contributed by atoms with Crippen LogP contribution in [0, 0.1) is 10.1 Å². The smallest absolute Gasteiger partial charge is 0.269 e. The van der Waals surface area contributed by atoms with Crippen LogP contribution < -0.4 is 15.4 Å². The first-order valence-electron chi connectivity index (χ1n) is 12.7. The van der Waals surface area contributed by atoms with E-state index in [0.29, 0.717) is 22.3 Å². The summed E-state index contributed by atoms with van der Waals surface area (Å²) in [6.45, 7) is 0. The molecule has 210 valence electrons. The Bertz CT molecular complexity index is 1730. The van der Waals surface area contributed by atoms with Crippen molar-refractivity contribution in [2.45, 2.75) is 10.1 Å². The Morgan fingerprint density at radius 2 is 1.67 bits per heavy atom. The molecule has 2 N–H and O–H groups in total. The molecule has 1 atom stereocenters. The number of ether oxygens (including phenoxy) is 1. The molecule has 1 unspecified atom stereocenters. The van der Waals surface area contributed by atoms with Crippen LogP contribution in [0.4, 0.5) is 16.5 Å². The lowest BCUT2D eigenvalue weighted by Crippen LogP contribution is -2.19. The molecular weight excluding hydrogens is 572 g/mol. The largest absolute Gasteiger partial charge is 0.496 e. The second kappa shape index (κ2) is 13.1. The molecular formula is C31H24N4O5S2. The van der Waals surface area contributed by atoms with Crippen LogP contribution in [0.5, 0.6) is 5.75 Å². The van der Waals surface area contributed by atoms with E-state index in [1.54, 1.807) is 25.3 Å². The Morgan fingerprint density at radius 3 is 2.40 bits per heavy atom. The number of hydrogen-bond donors (Lipinski definition) is 2. The summed E-state index contributed by atoms with van der Waals surface area (Å²) in [4.78, 5) is 42.1. The number of amides is 2. The summed E-state index contributed by atoms with van der Waals surface area (Å²) in [6, 6.07) is 29.5. The van der Waals surface area contributed by atoms with Crippen LogP contribution in [-0.4, -0.2) is 28.8 Å². The zero-order chi connectivity index (χ0) is 29.5. The standard InChI is InChI=1S/C31H24N4O5S2/c1-40-27-13-6-5-12-25(27)26-19-41-31(33-26)34-30(37)28(20-8-3-2-4-9-20)42-24-11-7-10-22(18-24)32-29(36)21-14-16-23(17-15-21)35(38)39/h2-19,28H,1H3,(H,32,36)(H,33,34,37). The molecule has 1 heterocycles. The quantitative estimate of drug-likeness (QED) is 0.0975. The fourth-order valence-corrected chi connectivity index (χ4v) is 5.90. The highest BCUT2D eigenvalue weighted by Crippen LogP contribution is 2.38. The molecule has 1 aromatic heterocycles. The number of benzene rings is 4. The van der Waals surface area contributed by atoms with E-state index in [-0.39, 0.29) is 17.2 Å². The zero-order valence-electron chi connectivity index (χ0n) is 22.2. The Morgan fingerprint density at radius 1 is 0.929 bits per heavy atom. The summed E-state index contributed by atoms with van der Waals surface area (Å²) in [5.74, 6) is 0.0467. The van der Waals surface area contributed by atoms with E-state index in [1.807, 2.05) is 66.0 Å². The maximum Gasteiger partial charge on any atom is 0.269 e. The minimum Gasteiger partial charge on any atom is -0.496 e. The Hall–Kier alpha value is -5.00. The fraction of sp³-hybridized carbons (Fsp3) is 0.0645. The highest BCUT2D eigenvalue weighted by atomic mass is 32.2. The van der Waals surface area contributed by atoms with E-state index in [2.05, 4.69) is 15.6 Å². The number of methoxy groups -OCH3 is 1. The fourth-order valence-electron chi connectivity index (χ4n) is 4.10. The Labute approximate surface area is 249 Å². The monoisotopic (exact) mass is 596 g/mol. The lowest BCUT2D eigenvalue weighted by atomic mass is 10.1. The van der Waals surface area contributed by atoms with Crippen LogP contribution in [0.15, 0.2) is 113 Å². The van der Waals surface area contributed by atoms with Gasteiger partial charge in [0, 0.05) is 39.2 Å². The molecule has 2 amide bonds. The molecule has 5 aromatic rings. The predicted octanol–water partition coefficient (Wildman–Crippen LogP) is 7.45. The van der Waals surface area contributed by atoms with E-state index in [1.165, 1.54) is 47.4 Å². The Balaban J connectivity index is 1.33. The number of nitrogens with one attached hydrogen (secondary N) is 2. The van der Waals surface area contributed by atoms with Gasteiger partial charge in [-0.3, -0.25) is 19.7 Å². The van der Waals surface area contributed by atoms with Gasteiger partial charge in [0.25, 0.3) is 11.6 Å². The molecule has 0 saturated heterocycles. The summed E-state index contributed by atoms with van der Waals surface area (Å²) in [5, 5.41) is 18.4. The van der Waals surface area contributed by atoms with Gasteiger partial charge in [-0.1, -0.05) is 48.5 Å². The molecule has 9 nitrogen and oxygen atoms in total. The van der Waals surface area contributed by atoms with Crippen molar-refractivity contribution in [3.63, 3.8) is 0 Å². The van der Waals surface area contributed by atoms with Gasteiger partial charge in [0.2, 0.25) is 5.91 Å². The van der Waals surface area contributed by atoms with Crippen molar-refractivity contribution in [1.82, 2.24) is 4.98 Å². The Kier molecular flexibility index (Phi) is 8.90. The van der Waals surface area contributed by atoms with Crippen molar-refractivity contribution >= 4 is 51.4 Å². The highest BCUT2D eigenvalue weighted by molar-refractivity contribution is 8.00. The topological polar surface area (TPSA) is 123 Å². The number of rotatable bonds is 10. The van der Waals surface area contributed by atoms with Crippen LogP contribution in [0.25, 0.3) is 11.3 Å². The summed E-state index contributed by atoms with van der Waals surface area (Å²) in [5.41, 5.74) is 3.06. The molecule has 0 aliphatic carbocycles. The van der Waals surface area contributed by atoms with Gasteiger partial charge in [-0.05, 0) is 48.0 Å². The number of carbonyl (C=O) groups is 2. The number of thioether (sulfide) groups is 1. The number of para-hydroxylation sites is 1. The summed E-state index contributed by atoms with van der Waals surface area (Å²) >= 11 is 2.67. The summed E-state index contributed by atoms with van der Waals surface area (Å²) in [6.07, 6.45) is 0. The number of anilines is 2. The molecule has 11 heteroatoms. The maximum absolute atomic E-state index is 13.6. The van der Waals surface area contributed by atoms with Gasteiger partial charge in [-0.2, -0.15) is 0 Å². The molecule has 0 aliphatic rings. The van der Waals surface area contributed by atoms with Crippen LogP contribution in [0.1, 0.15) is 21.2 Å². The summed E-state index contributed by atoms with van der Waals surface area (Å²) < 4.78 is 5.45. The molecule has 0 saturated carbocycles. The van der Waals surface area contributed by atoms with Gasteiger partial charge >= 0.3 is 0 Å². The van der Waals surface area contributed by atoms with E-state index in [9.17, 15) is 19.7 Å². The number of non-ortho nitro benzene ring substituents is 1. The van der Waals surface area contributed by atoms with Gasteiger partial charge in [0.15, 0.2) is 5.13 Å². The van der Waals surface area contributed by atoms with E-state index in [0.717, 1.165) is 16.0 Å². The molecule has 4 aromatic carbocycles. The number of carbonyl (C=O) groups excluding carboxylic acids is 2. The van der Waals surface area contributed by atoms with Crippen molar-refractivity contribution in [2.75, 3.05) is 17.7 Å². The van der Waals surface area contributed by atoms with Gasteiger partial charge in [0.05, 0.1) is 17.7 Å². The van der Waals surface area contributed by atoms with Gasteiger partial charge in [0.1, 0.15) is 11.0 Å². The first-order valence-corrected chi connectivity index (χ1v) is 14.4. The van der Waals surface area contributed by atoms with Crippen molar-refractivity contribution in [2.24, 2.45) is 0 Å². The lowest BCUT2D eigenvalue weighted by Gasteiger charge is -2.17. The van der Waals surface area contributed by atoms with Crippen LogP contribution in [0.3, 0.4) is 0 Å². The van der Waals surface area contributed by atoms with E-state index >= 15 is 0 Å². The normalized spacial score (nSPS) is 11.4. The third-order valence-electron chi connectivity index (χ3n) is 6.14. The van der Waals surface area contributed by atoms with Crippen LogP contribution in [-0.2, 0) is 4.79 Å². The molecule has 0 spiro atoms. The third-order valence-corrected chi connectivity index (χ3v) is 8.15. The van der Waals surface area contributed by atoms with Crippen molar-refractivity contribution in [1.29, 1.82) is 0 Å². The molecule has 0 fully saturated rings. The van der Waals surface area contributed by atoms with Crippen LogP contribution >= 0.6 is 23.1 Å². The molecule has 5 rings (SSSR count). The molecule has 0 aliphatic heterocycles. The van der Waals surface area contributed by atoms with Gasteiger partial charge in [-0.15, -0.1) is 23.1 Å². The average molecular weight is 597 g/mol. The van der Waals surface area contributed by atoms with Crippen molar-refractivity contribution in [3.8, 4) is 17.0 Å². The van der Waals surface area contributed by atoms with E-state index < -0.39 is 16.1 Å². The third kappa shape index (κ3) is 6.82. The number of nitro groups is 1. The highest BCUT2D eigenvalue weighted by Gasteiger charge is 2.24. The predicted molar refractivity (Wildman–Crippen MR) is 165 cm³/mol. The molecule has 42 heavy (non-hydrogen) atoms. The number of thiazole rings is 1. The maximum atomic E-state index is 13.6. The average Bonchev–Trinajstić information content (AvgIpc) is 3.48. The molecule has 0 radical (unpaired) electrons. The van der Waals surface area contributed by atoms with Gasteiger partial charge in [-0.25, -0.2) is 4.98 Å². The van der Waals surface area contributed by atoms with Crippen molar-refractivity contribution < 1.29 is 19.2 Å². The first kappa shape index (κ1) is 28.5. The minimum atomic E-state index is -0.606. The second-order valence-electron chi connectivity index (χ2n) is 8.92. The lowest BCUT2D eigenvalue weighted by molar-refractivity contribution is -0.384. The first-order chi connectivity index (χ1) is 20.4. The molecule has 0 bridgehead atoms. The van der Waals surface area contributed by atoms with Crippen molar-refractivity contribution in [3.05, 3.63) is 130 Å². The second-order valence-corrected chi connectivity index (χ2v) is 11.0. The van der Waals surface area contributed by atoms with E-state index in [4.69, 9.17) is 4.74 Å². The number of hydrogen-bond acceptors (Lipinski definition) is 8. The van der Waals surface area contributed by atoms with Crippen LogP contribution in [0.2, 0.25) is 0 Å². The SMILES string of the molecule is COc1ccccc1-c1csc(NC(=O)C(Sc2cccc(NC(=O)c3ccc([N+](=O)[O-])cc3)c2)c2ccccc2)n1.